The zero-order valence-electron chi connectivity index (χ0n) is 11.7. The van der Waals surface area contributed by atoms with Crippen LogP contribution in [0.5, 0.6) is 0 Å². The lowest BCUT2D eigenvalue weighted by molar-refractivity contribution is 0.491. The van der Waals surface area contributed by atoms with Crippen LogP contribution in [0.3, 0.4) is 0 Å². The molecule has 1 aliphatic rings. The number of hydrogen-bond donors (Lipinski definition) is 2. The summed E-state index contributed by atoms with van der Waals surface area (Å²) in [5.41, 5.74) is 9.07. The Hall–Kier alpha value is -1.09. The number of thiocarbonyl (C=S) groups is 1. The van der Waals surface area contributed by atoms with Crippen molar-refractivity contribution in [2.24, 2.45) is 11.7 Å². The zero-order chi connectivity index (χ0) is 13.7. The lowest BCUT2D eigenvalue weighted by Gasteiger charge is -2.15. The van der Waals surface area contributed by atoms with Gasteiger partial charge in [-0.15, -0.1) is 0 Å². The fourth-order valence-corrected chi connectivity index (χ4v) is 3.18. The van der Waals surface area contributed by atoms with Gasteiger partial charge in [-0.2, -0.15) is 0 Å². The summed E-state index contributed by atoms with van der Waals surface area (Å²) in [6, 6.07) is 6.10. The Balaban J connectivity index is 1.86. The summed E-state index contributed by atoms with van der Waals surface area (Å²) in [5.74, 6) is 0.966. The second kappa shape index (κ2) is 6.90. The first-order chi connectivity index (χ1) is 9.18. The van der Waals surface area contributed by atoms with Crippen molar-refractivity contribution in [2.45, 2.75) is 45.4 Å². The van der Waals surface area contributed by atoms with Gasteiger partial charge >= 0.3 is 0 Å². The van der Waals surface area contributed by atoms with Crippen LogP contribution in [0.15, 0.2) is 18.2 Å². The molecular formula is C16H24N2S. The first kappa shape index (κ1) is 14.3. The van der Waals surface area contributed by atoms with Crippen molar-refractivity contribution in [3.63, 3.8) is 0 Å². The van der Waals surface area contributed by atoms with Crippen molar-refractivity contribution < 1.29 is 0 Å². The minimum atomic E-state index is 0.474. The van der Waals surface area contributed by atoms with Crippen LogP contribution in [0.25, 0.3) is 0 Å². The summed E-state index contributed by atoms with van der Waals surface area (Å²) in [5, 5.41) is 3.52. The summed E-state index contributed by atoms with van der Waals surface area (Å²) >= 11 is 5.11. The molecule has 0 radical (unpaired) electrons. The van der Waals surface area contributed by atoms with Gasteiger partial charge in [-0.3, -0.25) is 0 Å². The number of para-hydroxylation sites is 1. The third-order valence-corrected chi connectivity index (χ3v) is 4.32. The van der Waals surface area contributed by atoms with Crippen LogP contribution in [0.1, 0.15) is 49.7 Å². The van der Waals surface area contributed by atoms with E-state index in [0.717, 1.165) is 23.7 Å². The van der Waals surface area contributed by atoms with E-state index in [1.165, 1.54) is 44.1 Å². The van der Waals surface area contributed by atoms with Crippen LogP contribution in [0.2, 0.25) is 0 Å². The summed E-state index contributed by atoms with van der Waals surface area (Å²) in [4.78, 5) is 0.474. The highest BCUT2D eigenvalue weighted by atomic mass is 32.1. The van der Waals surface area contributed by atoms with Gasteiger partial charge < -0.3 is 11.1 Å². The van der Waals surface area contributed by atoms with E-state index < -0.39 is 0 Å². The topological polar surface area (TPSA) is 38.0 Å². The molecule has 1 aromatic rings. The Labute approximate surface area is 121 Å². The van der Waals surface area contributed by atoms with Crippen LogP contribution in [-0.2, 0) is 0 Å². The molecule has 2 nitrogen and oxygen atoms in total. The molecule has 0 atom stereocenters. The molecule has 0 unspecified atom stereocenters. The van der Waals surface area contributed by atoms with E-state index in [4.69, 9.17) is 18.0 Å². The highest BCUT2D eigenvalue weighted by Crippen LogP contribution is 2.28. The Kier molecular flexibility index (Phi) is 5.20. The van der Waals surface area contributed by atoms with E-state index in [2.05, 4.69) is 18.3 Å². The lowest BCUT2D eigenvalue weighted by Crippen LogP contribution is -2.15. The van der Waals surface area contributed by atoms with Crippen molar-refractivity contribution in [1.82, 2.24) is 0 Å². The zero-order valence-corrected chi connectivity index (χ0v) is 12.6. The van der Waals surface area contributed by atoms with Crippen molar-refractivity contribution in [3.8, 4) is 0 Å². The minimum Gasteiger partial charge on any atom is -0.389 e. The Bertz CT molecular complexity index is 436. The standard InChI is InChI=1S/C16H24N2S/c1-12-6-4-10-14(16(17)19)15(12)18-11-5-9-13-7-2-3-8-13/h4,6,10,13,18H,2-3,5,7-9,11H2,1H3,(H2,17,19). The quantitative estimate of drug-likeness (QED) is 0.609. The van der Waals surface area contributed by atoms with Crippen molar-refractivity contribution in [1.29, 1.82) is 0 Å². The molecule has 1 aromatic carbocycles. The van der Waals surface area contributed by atoms with Gasteiger partial charge in [0, 0.05) is 17.8 Å². The monoisotopic (exact) mass is 276 g/mol. The summed E-state index contributed by atoms with van der Waals surface area (Å²) in [6.07, 6.45) is 8.31. The van der Waals surface area contributed by atoms with Crippen molar-refractivity contribution >= 4 is 22.9 Å². The van der Waals surface area contributed by atoms with Crippen LogP contribution >= 0.6 is 12.2 Å². The second-order valence-corrected chi connectivity index (χ2v) is 6.02. The number of anilines is 1. The van der Waals surface area contributed by atoms with Gasteiger partial charge in [-0.1, -0.05) is 50.0 Å². The van der Waals surface area contributed by atoms with Crippen LogP contribution in [-0.4, -0.2) is 11.5 Å². The average Bonchev–Trinajstić information content (AvgIpc) is 2.88. The molecule has 0 spiro atoms. The molecule has 104 valence electrons. The number of benzene rings is 1. The van der Waals surface area contributed by atoms with E-state index in [0.29, 0.717) is 4.99 Å². The minimum absolute atomic E-state index is 0.474. The Morgan fingerprint density at radius 1 is 1.37 bits per heavy atom. The predicted molar refractivity (Wildman–Crippen MR) is 86.7 cm³/mol. The van der Waals surface area contributed by atoms with Crippen LogP contribution in [0, 0.1) is 12.8 Å². The van der Waals surface area contributed by atoms with E-state index in [9.17, 15) is 0 Å². The van der Waals surface area contributed by atoms with Gasteiger partial charge in [0.2, 0.25) is 0 Å². The van der Waals surface area contributed by atoms with E-state index in [1.54, 1.807) is 0 Å². The summed E-state index contributed by atoms with van der Waals surface area (Å²) < 4.78 is 0. The SMILES string of the molecule is Cc1cccc(C(N)=S)c1NCCCC1CCCC1. The molecular weight excluding hydrogens is 252 g/mol. The number of aryl methyl sites for hydroxylation is 1. The number of rotatable bonds is 6. The molecule has 2 rings (SSSR count). The third-order valence-electron chi connectivity index (χ3n) is 4.10. The highest BCUT2D eigenvalue weighted by molar-refractivity contribution is 7.80. The smallest absolute Gasteiger partial charge is 0.106 e. The molecule has 1 fully saturated rings. The van der Waals surface area contributed by atoms with E-state index in [-0.39, 0.29) is 0 Å². The molecule has 0 amide bonds. The molecule has 0 bridgehead atoms. The van der Waals surface area contributed by atoms with E-state index in [1.807, 2.05) is 12.1 Å². The maximum atomic E-state index is 5.78. The molecule has 0 aliphatic heterocycles. The molecule has 1 saturated carbocycles. The van der Waals surface area contributed by atoms with Crippen molar-refractivity contribution in [2.75, 3.05) is 11.9 Å². The summed E-state index contributed by atoms with van der Waals surface area (Å²) in [7, 11) is 0. The molecule has 19 heavy (non-hydrogen) atoms. The maximum absolute atomic E-state index is 5.78. The molecule has 1 aliphatic carbocycles. The van der Waals surface area contributed by atoms with Gasteiger partial charge in [-0.05, 0) is 37.3 Å². The Morgan fingerprint density at radius 3 is 2.79 bits per heavy atom. The summed E-state index contributed by atoms with van der Waals surface area (Å²) in [6.45, 7) is 3.11. The lowest BCUT2D eigenvalue weighted by atomic mass is 10.0. The highest BCUT2D eigenvalue weighted by Gasteiger charge is 2.14. The second-order valence-electron chi connectivity index (χ2n) is 5.58. The molecule has 0 saturated heterocycles. The number of nitrogens with one attached hydrogen (secondary N) is 1. The van der Waals surface area contributed by atoms with Crippen LogP contribution in [0.4, 0.5) is 5.69 Å². The van der Waals surface area contributed by atoms with Gasteiger partial charge in [0.1, 0.15) is 4.99 Å². The first-order valence-corrected chi connectivity index (χ1v) is 7.72. The van der Waals surface area contributed by atoms with Gasteiger partial charge in [0.15, 0.2) is 0 Å². The first-order valence-electron chi connectivity index (χ1n) is 7.32. The largest absolute Gasteiger partial charge is 0.389 e. The normalized spacial score (nSPS) is 15.6. The number of nitrogens with two attached hydrogens (primary N) is 1. The van der Waals surface area contributed by atoms with Crippen molar-refractivity contribution in [3.05, 3.63) is 29.3 Å². The fourth-order valence-electron chi connectivity index (χ4n) is 3.01. The van der Waals surface area contributed by atoms with E-state index >= 15 is 0 Å². The molecule has 3 N–H and O–H groups in total. The molecule has 0 aromatic heterocycles. The van der Waals surface area contributed by atoms with Gasteiger partial charge in [0.05, 0.1) is 0 Å². The fraction of sp³-hybridized carbons (Fsp3) is 0.562. The van der Waals surface area contributed by atoms with Gasteiger partial charge in [0.25, 0.3) is 0 Å². The Morgan fingerprint density at radius 2 is 2.11 bits per heavy atom. The molecule has 0 heterocycles. The number of hydrogen-bond acceptors (Lipinski definition) is 2. The third kappa shape index (κ3) is 3.93. The van der Waals surface area contributed by atoms with Crippen LogP contribution < -0.4 is 11.1 Å². The van der Waals surface area contributed by atoms with Gasteiger partial charge in [-0.25, -0.2) is 0 Å². The molecule has 3 heteroatoms. The predicted octanol–water partition coefficient (Wildman–Crippen LogP) is 4.01. The maximum Gasteiger partial charge on any atom is 0.106 e. The average molecular weight is 276 g/mol.